The first-order chi connectivity index (χ1) is 5.83. The molecule has 2 nitrogen and oxygen atoms in total. The molecule has 3 heteroatoms. The van der Waals surface area contributed by atoms with Gasteiger partial charge in [-0.15, -0.1) is 0 Å². The van der Waals surface area contributed by atoms with Crippen LogP contribution in [0.15, 0.2) is 0 Å². The van der Waals surface area contributed by atoms with E-state index in [1.807, 2.05) is 13.8 Å². The van der Waals surface area contributed by atoms with Gasteiger partial charge in [0.1, 0.15) is 7.34 Å². The average molecular weight is 206 g/mol. The predicted octanol–water partition coefficient (Wildman–Crippen LogP) is 3.39. The zero-order chi connectivity index (χ0) is 10.5. The van der Waals surface area contributed by atoms with Crippen molar-refractivity contribution in [3.8, 4) is 0 Å². The Kier molecular flexibility index (Phi) is 5.28. The highest BCUT2D eigenvalue weighted by Gasteiger charge is 2.23. The van der Waals surface area contributed by atoms with Gasteiger partial charge in [-0.05, 0) is 19.3 Å². The van der Waals surface area contributed by atoms with Crippen LogP contribution in [0.5, 0.6) is 0 Å². The summed E-state index contributed by atoms with van der Waals surface area (Å²) < 4.78 is 11.2. The molecule has 0 radical (unpaired) electrons. The molecule has 0 aliphatic rings. The minimum absolute atomic E-state index is 0.222. The molecule has 80 valence electrons. The van der Waals surface area contributed by atoms with Crippen molar-refractivity contribution in [1.82, 2.24) is 0 Å². The molecule has 0 fully saturated rings. The first kappa shape index (κ1) is 13.2. The second-order valence-electron chi connectivity index (χ2n) is 4.37. The number of hydrogen-bond acceptors (Lipinski definition) is 2. The summed E-state index contributed by atoms with van der Waals surface area (Å²) in [5, 5.41) is 0. The van der Waals surface area contributed by atoms with Crippen LogP contribution in [0.3, 0.4) is 0 Å². The van der Waals surface area contributed by atoms with E-state index in [2.05, 4.69) is 27.1 Å². The Morgan fingerprint density at radius 2 is 1.46 bits per heavy atom. The fourth-order valence-electron chi connectivity index (χ4n) is 1.32. The minimum atomic E-state index is -1.84. The van der Waals surface area contributed by atoms with Gasteiger partial charge in [0.25, 0.3) is 0 Å². The Hall–Kier alpha value is 0.220. The lowest BCUT2D eigenvalue weighted by molar-refractivity contribution is 0.255. The monoisotopic (exact) mass is 206 g/mol. The van der Waals surface area contributed by atoms with Gasteiger partial charge < -0.3 is 9.05 Å². The van der Waals surface area contributed by atoms with Crippen molar-refractivity contribution >= 4 is 13.6 Å². The molecule has 0 aromatic rings. The van der Waals surface area contributed by atoms with Gasteiger partial charge in [0.2, 0.25) is 0 Å². The third-order valence-electron chi connectivity index (χ3n) is 1.44. The fourth-order valence-corrected chi connectivity index (χ4v) is 3.97. The van der Waals surface area contributed by atoms with Crippen LogP contribution in [-0.2, 0) is 9.05 Å². The molecule has 0 unspecified atom stereocenters. The van der Waals surface area contributed by atoms with Crippen molar-refractivity contribution in [2.45, 2.75) is 34.6 Å². The molecule has 0 bridgehead atoms. The van der Waals surface area contributed by atoms with E-state index in [0.717, 1.165) is 6.16 Å². The lowest BCUT2D eigenvalue weighted by atomic mass is 10.0. The average Bonchev–Trinajstić information content (AvgIpc) is 1.82. The molecular weight excluding hydrogens is 183 g/mol. The Morgan fingerprint density at radius 1 is 1.08 bits per heavy atom. The first-order valence-corrected chi connectivity index (χ1v) is 6.84. The fraction of sp³-hybridized carbons (Fsp3) is 0.900. The summed E-state index contributed by atoms with van der Waals surface area (Å²) in [6.45, 7) is 11.9. The molecular formula is C10H23O2P. The van der Waals surface area contributed by atoms with Crippen LogP contribution >= 0.6 is 7.34 Å². The third kappa shape index (κ3) is 6.31. The van der Waals surface area contributed by atoms with E-state index in [-0.39, 0.29) is 5.41 Å². The molecule has 0 saturated carbocycles. The zero-order valence-corrected chi connectivity index (χ0v) is 10.5. The quantitative estimate of drug-likeness (QED) is 0.642. The summed E-state index contributed by atoms with van der Waals surface area (Å²) in [4.78, 5) is 0. The maximum atomic E-state index is 5.62. The Labute approximate surface area is 82.8 Å². The maximum absolute atomic E-state index is 5.62. The van der Waals surface area contributed by atoms with E-state index in [1.165, 1.54) is 0 Å². The predicted molar refractivity (Wildman–Crippen MR) is 61.6 cm³/mol. The maximum Gasteiger partial charge on any atom is 0.117 e. The van der Waals surface area contributed by atoms with Gasteiger partial charge in [0, 0.05) is 6.16 Å². The standard InChI is InChI=1S/C10H23O2P/c1-7-11-13(6,12-8-2)9-10(3,4)5/h6-9H2,1-5H3. The molecule has 0 atom stereocenters. The van der Waals surface area contributed by atoms with Crippen LogP contribution in [-0.4, -0.2) is 25.7 Å². The third-order valence-corrected chi connectivity index (χ3v) is 4.33. The van der Waals surface area contributed by atoms with E-state index in [9.17, 15) is 0 Å². The lowest BCUT2D eigenvalue weighted by Gasteiger charge is -2.30. The zero-order valence-electron chi connectivity index (χ0n) is 9.59. The van der Waals surface area contributed by atoms with Crippen molar-refractivity contribution in [1.29, 1.82) is 0 Å². The lowest BCUT2D eigenvalue weighted by Crippen LogP contribution is -2.15. The number of hydrogen-bond donors (Lipinski definition) is 0. The highest BCUT2D eigenvalue weighted by Crippen LogP contribution is 2.51. The summed E-state index contributed by atoms with van der Waals surface area (Å²) in [5.41, 5.74) is 0.222. The molecule has 0 heterocycles. The molecule has 0 aromatic carbocycles. The number of rotatable bonds is 5. The second-order valence-corrected chi connectivity index (χ2v) is 6.83. The van der Waals surface area contributed by atoms with Crippen LogP contribution in [0.25, 0.3) is 0 Å². The molecule has 0 rings (SSSR count). The summed E-state index contributed by atoms with van der Waals surface area (Å²) in [7, 11) is -1.84. The van der Waals surface area contributed by atoms with Crippen LogP contribution in [0.4, 0.5) is 0 Å². The molecule has 0 aliphatic carbocycles. The van der Waals surface area contributed by atoms with E-state index in [0.29, 0.717) is 13.2 Å². The van der Waals surface area contributed by atoms with Crippen molar-refractivity contribution < 1.29 is 9.05 Å². The molecule has 0 saturated heterocycles. The normalized spacial score (nSPS) is 13.3. The Morgan fingerprint density at radius 3 is 1.69 bits per heavy atom. The van der Waals surface area contributed by atoms with E-state index >= 15 is 0 Å². The molecule has 0 aromatic heterocycles. The van der Waals surface area contributed by atoms with Gasteiger partial charge in [-0.3, -0.25) is 0 Å². The van der Waals surface area contributed by atoms with Crippen molar-refractivity contribution in [2.24, 2.45) is 5.41 Å². The summed E-state index contributed by atoms with van der Waals surface area (Å²) >= 11 is 0. The molecule has 13 heavy (non-hydrogen) atoms. The van der Waals surface area contributed by atoms with Crippen LogP contribution < -0.4 is 0 Å². The van der Waals surface area contributed by atoms with Gasteiger partial charge in [-0.25, -0.2) is 0 Å². The molecule has 0 aliphatic heterocycles. The van der Waals surface area contributed by atoms with Gasteiger partial charge in [0.05, 0.1) is 13.2 Å². The van der Waals surface area contributed by atoms with Crippen LogP contribution in [0.1, 0.15) is 34.6 Å². The first-order valence-electron chi connectivity index (χ1n) is 4.84. The highest BCUT2D eigenvalue weighted by atomic mass is 31.2. The van der Waals surface area contributed by atoms with E-state index in [4.69, 9.17) is 9.05 Å². The van der Waals surface area contributed by atoms with Gasteiger partial charge in [-0.2, -0.15) is 0 Å². The van der Waals surface area contributed by atoms with E-state index in [1.54, 1.807) is 0 Å². The highest BCUT2D eigenvalue weighted by molar-refractivity contribution is 7.64. The SMILES string of the molecule is C=P(CC(C)(C)C)(OCC)OCC. The summed E-state index contributed by atoms with van der Waals surface area (Å²) in [6, 6.07) is 0. The van der Waals surface area contributed by atoms with Crippen LogP contribution in [0, 0.1) is 5.41 Å². The molecule has 0 spiro atoms. The van der Waals surface area contributed by atoms with Crippen molar-refractivity contribution in [2.75, 3.05) is 19.4 Å². The van der Waals surface area contributed by atoms with E-state index < -0.39 is 7.34 Å². The second kappa shape index (κ2) is 5.19. The molecule has 0 N–H and O–H groups in total. The van der Waals surface area contributed by atoms with Crippen molar-refractivity contribution in [3.05, 3.63) is 0 Å². The Balaban J connectivity index is 4.33. The molecule has 0 amide bonds. The van der Waals surface area contributed by atoms with Gasteiger partial charge in [0.15, 0.2) is 0 Å². The van der Waals surface area contributed by atoms with Crippen LogP contribution in [0.2, 0.25) is 0 Å². The topological polar surface area (TPSA) is 18.5 Å². The largest absolute Gasteiger partial charge is 0.338 e. The van der Waals surface area contributed by atoms with Gasteiger partial charge >= 0.3 is 0 Å². The van der Waals surface area contributed by atoms with Gasteiger partial charge in [-0.1, -0.05) is 27.1 Å². The Bertz CT molecular complexity index is 172. The van der Waals surface area contributed by atoms with Crippen molar-refractivity contribution in [3.63, 3.8) is 0 Å². The summed E-state index contributed by atoms with van der Waals surface area (Å²) in [6.07, 6.45) is 5.02. The smallest absolute Gasteiger partial charge is 0.117 e. The minimum Gasteiger partial charge on any atom is -0.338 e. The summed E-state index contributed by atoms with van der Waals surface area (Å²) in [5.74, 6) is 0.